The number of hydrogen-bond donors (Lipinski definition) is 17. The Morgan fingerprint density at radius 1 is 0.368 bits per heavy atom. The summed E-state index contributed by atoms with van der Waals surface area (Å²) in [5.74, 6) is -1.88. The van der Waals surface area contributed by atoms with Crippen LogP contribution in [0.5, 0.6) is 0 Å². The minimum Gasteiger partial charge on any atom is -0.479 e. The zero-order valence-corrected chi connectivity index (χ0v) is 29.4. The van der Waals surface area contributed by atoms with E-state index in [1.165, 1.54) is 0 Å². The van der Waals surface area contributed by atoms with Crippen molar-refractivity contribution in [1.29, 1.82) is 0 Å². The van der Waals surface area contributed by atoms with Gasteiger partial charge < -0.3 is 129 Å². The highest BCUT2D eigenvalue weighted by atomic mass is 16.8. The number of rotatable bonds is 13. The highest BCUT2D eigenvalue weighted by Crippen LogP contribution is 2.36. The van der Waals surface area contributed by atoms with Gasteiger partial charge in [-0.25, -0.2) is 4.79 Å². The SMILES string of the molecule is O=C(O)[C@H]1O[C@@H](O[C@@H]2[C@@H](O[C@@H]3[C@@H](O)[C@H](O[C@H]4[C@H](O)[C@@H](O)[C@H](O)O[C@@H]4CO)O[C@H](CO)[C@H]3O)O[C@H](CO)[C@@H](O)[C@@H]2O)[C@H](O)[C@@H](O)[C@@H]1O[C@@H]1O[C@H](CO)[C@@H](O)[C@H](O)[C@@H]1O. The molecule has 0 saturated carbocycles. The summed E-state index contributed by atoms with van der Waals surface area (Å²) in [5, 5.41) is 176. The molecule has 0 unspecified atom stereocenters. The summed E-state index contributed by atoms with van der Waals surface area (Å²) in [5.41, 5.74) is 0. The van der Waals surface area contributed by atoms with Gasteiger partial charge in [0.15, 0.2) is 37.6 Å². The van der Waals surface area contributed by atoms with E-state index < -0.39 is 186 Å². The molecule has 0 aromatic heterocycles. The first-order chi connectivity index (χ1) is 26.9. The lowest BCUT2D eigenvalue weighted by atomic mass is 9.95. The summed E-state index contributed by atoms with van der Waals surface area (Å²) in [6.07, 6.45) is -50.0. The van der Waals surface area contributed by atoms with E-state index in [1.807, 2.05) is 0 Å². The largest absolute Gasteiger partial charge is 0.479 e. The first-order valence-electron chi connectivity index (χ1n) is 17.6. The van der Waals surface area contributed by atoms with Gasteiger partial charge in [-0.05, 0) is 0 Å². The second-order valence-corrected chi connectivity index (χ2v) is 14.0. The second-order valence-electron chi connectivity index (χ2n) is 14.0. The summed E-state index contributed by atoms with van der Waals surface area (Å²) in [6, 6.07) is 0. The van der Waals surface area contributed by atoms with Gasteiger partial charge in [0.2, 0.25) is 0 Å². The van der Waals surface area contributed by atoms with Crippen LogP contribution in [0.1, 0.15) is 0 Å². The Kier molecular flexibility index (Phi) is 15.9. The summed E-state index contributed by atoms with van der Waals surface area (Å²) in [7, 11) is 0. The number of carboxylic acid groups (broad SMARTS) is 1. The Hall–Kier alpha value is -1.53. The molecule has 5 rings (SSSR count). The van der Waals surface area contributed by atoms with E-state index in [0.717, 1.165) is 0 Å². The molecule has 5 fully saturated rings. The van der Waals surface area contributed by atoms with E-state index >= 15 is 0 Å². The molecule has 57 heavy (non-hydrogen) atoms. The molecule has 0 aromatic carbocycles. The fraction of sp³-hybridized carbons (Fsp3) is 0.967. The quantitative estimate of drug-likeness (QED) is 0.0818. The van der Waals surface area contributed by atoms with Crippen molar-refractivity contribution in [3.05, 3.63) is 0 Å². The summed E-state index contributed by atoms with van der Waals surface area (Å²) in [4.78, 5) is 12.3. The fourth-order valence-corrected chi connectivity index (χ4v) is 6.97. The van der Waals surface area contributed by atoms with E-state index in [2.05, 4.69) is 0 Å². The van der Waals surface area contributed by atoms with E-state index in [0.29, 0.717) is 0 Å². The van der Waals surface area contributed by atoms with Crippen molar-refractivity contribution in [2.75, 3.05) is 26.4 Å². The predicted octanol–water partition coefficient (Wildman–Crippen LogP) is -11.8. The number of aliphatic carboxylic acids is 1. The first kappa shape index (κ1) is 46.5. The zero-order chi connectivity index (χ0) is 42.2. The Morgan fingerprint density at radius 3 is 1.33 bits per heavy atom. The van der Waals surface area contributed by atoms with Crippen LogP contribution in [-0.4, -0.2) is 273 Å². The molecule has 0 aliphatic carbocycles. The van der Waals surface area contributed by atoms with Crippen molar-refractivity contribution in [3.63, 3.8) is 0 Å². The molecule has 0 bridgehead atoms. The number of aliphatic hydroxyl groups excluding tert-OH is 16. The Morgan fingerprint density at radius 2 is 0.772 bits per heavy atom. The first-order valence-corrected chi connectivity index (χ1v) is 17.6. The van der Waals surface area contributed by atoms with Crippen LogP contribution in [0.3, 0.4) is 0 Å². The van der Waals surface area contributed by atoms with Gasteiger partial charge in [0, 0.05) is 0 Å². The Balaban J connectivity index is 1.37. The second kappa shape index (κ2) is 19.5. The van der Waals surface area contributed by atoms with E-state index in [9.17, 15) is 91.6 Å². The maximum absolute atomic E-state index is 12.3. The van der Waals surface area contributed by atoms with Gasteiger partial charge in [-0.3, -0.25) is 0 Å². The van der Waals surface area contributed by atoms with Gasteiger partial charge in [-0.15, -0.1) is 0 Å². The molecule has 25 atom stereocenters. The minimum atomic E-state index is -2.33. The van der Waals surface area contributed by atoms with Crippen LogP contribution in [0.15, 0.2) is 0 Å². The third-order valence-corrected chi connectivity index (χ3v) is 10.3. The molecule has 0 spiro atoms. The lowest BCUT2D eigenvalue weighted by Gasteiger charge is -2.49. The van der Waals surface area contributed by atoms with Crippen molar-refractivity contribution in [2.45, 2.75) is 154 Å². The van der Waals surface area contributed by atoms with Crippen LogP contribution >= 0.6 is 0 Å². The maximum Gasteiger partial charge on any atom is 0.335 e. The zero-order valence-electron chi connectivity index (χ0n) is 29.4. The third-order valence-electron chi connectivity index (χ3n) is 10.3. The topological polar surface area (TPSA) is 444 Å². The molecule has 27 nitrogen and oxygen atoms in total. The lowest BCUT2D eigenvalue weighted by Crippen LogP contribution is -2.68. The lowest BCUT2D eigenvalue weighted by molar-refractivity contribution is -0.399. The van der Waals surface area contributed by atoms with Crippen LogP contribution in [0.4, 0.5) is 0 Å². The Bertz CT molecular complexity index is 1280. The predicted molar refractivity (Wildman–Crippen MR) is 167 cm³/mol. The highest BCUT2D eigenvalue weighted by Gasteiger charge is 2.57. The molecule has 5 aliphatic heterocycles. The normalized spacial score (nSPS) is 52.4. The molecule has 0 amide bonds. The molecule has 332 valence electrons. The number of carbonyl (C=O) groups is 1. The fourth-order valence-electron chi connectivity index (χ4n) is 6.97. The number of aliphatic hydroxyl groups is 16. The average Bonchev–Trinajstić information content (AvgIpc) is 3.19. The van der Waals surface area contributed by atoms with Gasteiger partial charge in [0.05, 0.1) is 26.4 Å². The summed E-state index contributed by atoms with van der Waals surface area (Å²) < 4.78 is 48.8. The smallest absolute Gasteiger partial charge is 0.335 e. The van der Waals surface area contributed by atoms with Crippen molar-refractivity contribution in [1.82, 2.24) is 0 Å². The van der Waals surface area contributed by atoms with Gasteiger partial charge in [-0.2, -0.15) is 0 Å². The molecule has 27 heteroatoms. The molecule has 17 N–H and O–H groups in total. The van der Waals surface area contributed by atoms with Crippen LogP contribution in [-0.2, 0) is 47.4 Å². The standard InChI is InChI=1S/C30H50O27/c31-1-5-9(35)12(38)17(43)27(50-5)55-22-15(41)18(44)28(57-24(22)25(46)47)56-23-13(39)10(36)6(2-32)52-30(23)54-21-11(37)7(3-33)51-29(19(21)45)53-20-8(4-34)49-26(48)16(42)14(20)40/h5-24,26-45,48H,1-4H2,(H,46,47)/t5-,6-,7-,8-,9-,10-,11-,12+,13+,14-,15-,16-,17+,18-,19-,20-,21+,22+,23+,24+,26-,27+,28-,29+,30-/m1/s1. The summed E-state index contributed by atoms with van der Waals surface area (Å²) >= 11 is 0. The van der Waals surface area contributed by atoms with Crippen LogP contribution < -0.4 is 0 Å². The monoisotopic (exact) mass is 842 g/mol. The van der Waals surface area contributed by atoms with Crippen molar-refractivity contribution < 1.29 is 134 Å². The van der Waals surface area contributed by atoms with Gasteiger partial charge in [-0.1, -0.05) is 0 Å². The Labute approximate surface area is 320 Å². The highest BCUT2D eigenvalue weighted by molar-refractivity contribution is 5.73. The number of hydrogen-bond acceptors (Lipinski definition) is 26. The van der Waals surface area contributed by atoms with Gasteiger partial charge >= 0.3 is 5.97 Å². The maximum atomic E-state index is 12.3. The van der Waals surface area contributed by atoms with Crippen LogP contribution in [0.25, 0.3) is 0 Å². The van der Waals surface area contributed by atoms with Crippen molar-refractivity contribution in [2.24, 2.45) is 0 Å². The minimum absolute atomic E-state index is 0.898. The van der Waals surface area contributed by atoms with E-state index in [-0.39, 0.29) is 0 Å². The van der Waals surface area contributed by atoms with E-state index in [1.54, 1.807) is 0 Å². The molecular weight excluding hydrogens is 792 g/mol. The molecular formula is C30H50O27. The van der Waals surface area contributed by atoms with Crippen LogP contribution in [0, 0.1) is 0 Å². The number of ether oxygens (including phenoxy) is 9. The average molecular weight is 843 g/mol. The molecule has 5 heterocycles. The van der Waals surface area contributed by atoms with E-state index in [4.69, 9.17) is 42.6 Å². The molecule has 0 radical (unpaired) electrons. The molecule has 0 aromatic rings. The van der Waals surface area contributed by atoms with Crippen molar-refractivity contribution >= 4 is 5.97 Å². The summed E-state index contributed by atoms with van der Waals surface area (Å²) in [6.45, 7) is -3.78. The van der Waals surface area contributed by atoms with Crippen molar-refractivity contribution in [3.8, 4) is 0 Å². The third kappa shape index (κ3) is 9.38. The van der Waals surface area contributed by atoms with Gasteiger partial charge in [0.1, 0.15) is 116 Å². The number of carboxylic acids is 1. The molecule has 5 saturated heterocycles. The van der Waals surface area contributed by atoms with Gasteiger partial charge in [0.25, 0.3) is 0 Å². The molecule has 5 aliphatic rings. The van der Waals surface area contributed by atoms with Crippen LogP contribution in [0.2, 0.25) is 0 Å².